The maximum atomic E-state index is 13.6. The van der Waals surface area contributed by atoms with Crippen molar-refractivity contribution >= 4 is 20.9 Å². The zero-order valence-corrected chi connectivity index (χ0v) is 11.6. The van der Waals surface area contributed by atoms with E-state index < -0.39 is 22.2 Å². The smallest absolute Gasteiger partial charge is 0.243 e. The number of alkyl halides is 1. The predicted molar refractivity (Wildman–Crippen MR) is 74.6 cm³/mol. The number of nitrogens with zero attached hydrogens (tertiary/aromatic N) is 1. The van der Waals surface area contributed by atoms with Gasteiger partial charge in [0.05, 0.1) is 11.6 Å². The Morgan fingerprint density at radius 1 is 1.20 bits per heavy atom. The van der Waals surface area contributed by atoms with Gasteiger partial charge in [-0.3, -0.25) is 4.98 Å². The molecule has 3 rings (SSSR count). The average molecular weight is 294 g/mol. The van der Waals surface area contributed by atoms with E-state index in [0.717, 1.165) is 5.39 Å². The molecule has 2 aromatic rings. The molecular weight excluding hydrogens is 279 g/mol. The van der Waals surface area contributed by atoms with Gasteiger partial charge in [0, 0.05) is 11.6 Å². The van der Waals surface area contributed by atoms with Gasteiger partial charge < -0.3 is 0 Å². The Bertz CT molecular complexity index is 728. The third kappa shape index (κ3) is 2.41. The highest BCUT2D eigenvalue weighted by atomic mass is 32.2. The standard InChI is InChI=1S/C14H15FN2O2S/c15-11-6-2-7-12(11)17-20(18,19)13-8-1-4-10-5-3-9-16-14(10)13/h1,3-5,8-9,11-12,17H,2,6-7H2. The minimum absolute atomic E-state index is 0.106. The molecule has 2 unspecified atom stereocenters. The summed E-state index contributed by atoms with van der Waals surface area (Å²) >= 11 is 0. The topological polar surface area (TPSA) is 59.1 Å². The Labute approximate surface area is 117 Å². The van der Waals surface area contributed by atoms with Gasteiger partial charge in [-0.05, 0) is 31.4 Å². The quantitative estimate of drug-likeness (QED) is 0.945. The fourth-order valence-electron chi connectivity index (χ4n) is 2.60. The van der Waals surface area contributed by atoms with Crippen molar-refractivity contribution in [3.63, 3.8) is 0 Å². The van der Waals surface area contributed by atoms with Crippen LogP contribution in [0.1, 0.15) is 19.3 Å². The fourth-order valence-corrected chi connectivity index (χ4v) is 4.08. The van der Waals surface area contributed by atoms with Gasteiger partial charge in [0.2, 0.25) is 10.0 Å². The summed E-state index contributed by atoms with van der Waals surface area (Å²) in [6, 6.07) is 7.89. The summed E-state index contributed by atoms with van der Waals surface area (Å²) in [5, 5.41) is 0.749. The molecule has 1 aliphatic carbocycles. The van der Waals surface area contributed by atoms with Gasteiger partial charge >= 0.3 is 0 Å². The van der Waals surface area contributed by atoms with E-state index >= 15 is 0 Å². The van der Waals surface area contributed by atoms with Crippen LogP contribution < -0.4 is 4.72 Å². The molecule has 20 heavy (non-hydrogen) atoms. The van der Waals surface area contributed by atoms with Gasteiger partial charge in [0.15, 0.2) is 0 Å². The molecule has 4 nitrogen and oxygen atoms in total. The van der Waals surface area contributed by atoms with Gasteiger partial charge in [-0.2, -0.15) is 0 Å². The van der Waals surface area contributed by atoms with E-state index in [2.05, 4.69) is 9.71 Å². The minimum atomic E-state index is -3.76. The van der Waals surface area contributed by atoms with Crippen molar-refractivity contribution in [2.24, 2.45) is 0 Å². The van der Waals surface area contributed by atoms with Gasteiger partial charge in [0.25, 0.3) is 0 Å². The van der Waals surface area contributed by atoms with E-state index in [1.54, 1.807) is 30.5 Å². The summed E-state index contributed by atoms with van der Waals surface area (Å²) in [7, 11) is -3.76. The molecule has 106 valence electrons. The lowest BCUT2D eigenvalue weighted by Gasteiger charge is -2.15. The number of benzene rings is 1. The number of nitrogens with one attached hydrogen (secondary N) is 1. The molecule has 2 atom stereocenters. The molecule has 1 aliphatic rings. The Morgan fingerprint density at radius 2 is 2.00 bits per heavy atom. The van der Waals surface area contributed by atoms with E-state index in [0.29, 0.717) is 24.8 Å². The number of aromatic nitrogens is 1. The van der Waals surface area contributed by atoms with E-state index in [1.807, 2.05) is 0 Å². The molecule has 1 N–H and O–H groups in total. The van der Waals surface area contributed by atoms with Crippen molar-refractivity contribution < 1.29 is 12.8 Å². The number of halogens is 1. The maximum absolute atomic E-state index is 13.6. The Morgan fingerprint density at radius 3 is 2.75 bits per heavy atom. The first-order chi connectivity index (χ1) is 9.58. The first-order valence-corrected chi connectivity index (χ1v) is 8.06. The van der Waals surface area contributed by atoms with Gasteiger partial charge in [0.1, 0.15) is 11.1 Å². The van der Waals surface area contributed by atoms with Crippen LogP contribution in [0.3, 0.4) is 0 Å². The third-order valence-corrected chi connectivity index (χ3v) is 5.14. The lowest BCUT2D eigenvalue weighted by molar-refractivity contribution is 0.300. The monoisotopic (exact) mass is 294 g/mol. The number of para-hydroxylation sites is 1. The molecule has 1 aromatic carbocycles. The number of fused-ring (bicyclic) bond motifs is 1. The van der Waals surface area contributed by atoms with Crippen LogP contribution in [0.15, 0.2) is 41.4 Å². The molecule has 0 saturated heterocycles. The molecule has 1 heterocycles. The van der Waals surface area contributed by atoms with E-state index in [1.165, 1.54) is 6.07 Å². The van der Waals surface area contributed by atoms with Gasteiger partial charge in [-0.1, -0.05) is 18.2 Å². The second-order valence-electron chi connectivity index (χ2n) is 5.01. The van der Waals surface area contributed by atoms with Crippen LogP contribution in [0, 0.1) is 0 Å². The molecule has 0 amide bonds. The van der Waals surface area contributed by atoms with Crippen molar-refractivity contribution in [2.75, 3.05) is 0 Å². The van der Waals surface area contributed by atoms with E-state index in [4.69, 9.17) is 0 Å². The second-order valence-corrected chi connectivity index (χ2v) is 6.69. The molecule has 1 saturated carbocycles. The SMILES string of the molecule is O=S(=O)(NC1CCCC1F)c1cccc2cccnc12. The summed E-state index contributed by atoms with van der Waals surface area (Å²) in [6.45, 7) is 0. The molecule has 0 bridgehead atoms. The van der Waals surface area contributed by atoms with Crippen molar-refractivity contribution in [3.8, 4) is 0 Å². The van der Waals surface area contributed by atoms with Crippen molar-refractivity contribution in [1.82, 2.24) is 9.71 Å². The third-order valence-electron chi connectivity index (χ3n) is 3.62. The van der Waals surface area contributed by atoms with Crippen LogP contribution in [0.25, 0.3) is 10.9 Å². The number of hydrogen-bond donors (Lipinski definition) is 1. The molecule has 1 fully saturated rings. The molecule has 0 aliphatic heterocycles. The van der Waals surface area contributed by atoms with Gasteiger partial charge in [-0.25, -0.2) is 17.5 Å². The zero-order valence-electron chi connectivity index (χ0n) is 10.8. The maximum Gasteiger partial charge on any atom is 0.243 e. The summed E-state index contributed by atoms with van der Waals surface area (Å²) in [6.07, 6.45) is 2.11. The Kier molecular flexibility index (Phi) is 3.43. The summed E-state index contributed by atoms with van der Waals surface area (Å²) in [5.41, 5.74) is 0.413. The Balaban J connectivity index is 2.01. The van der Waals surface area contributed by atoms with Crippen molar-refractivity contribution in [2.45, 2.75) is 36.4 Å². The predicted octanol–water partition coefficient (Wildman–Crippen LogP) is 2.40. The number of pyridine rings is 1. The first-order valence-electron chi connectivity index (χ1n) is 6.58. The molecule has 6 heteroatoms. The van der Waals surface area contributed by atoms with Crippen LogP contribution in [0.2, 0.25) is 0 Å². The summed E-state index contributed by atoms with van der Waals surface area (Å²) in [4.78, 5) is 4.23. The Hall–Kier alpha value is -1.53. The lowest BCUT2D eigenvalue weighted by atomic mass is 10.2. The normalized spacial score (nSPS) is 23.2. The number of hydrogen-bond acceptors (Lipinski definition) is 3. The summed E-state index contributed by atoms with van der Waals surface area (Å²) < 4.78 is 40.9. The fraction of sp³-hybridized carbons (Fsp3) is 0.357. The second kappa shape index (κ2) is 5.10. The van der Waals surface area contributed by atoms with Crippen LogP contribution in [-0.2, 0) is 10.0 Å². The largest absolute Gasteiger partial charge is 0.255 e. The molecular formula is C14H15FN2O2S. The lowest BCUT2D eigenvalue weighted by Crippen LogP contribution is -2.38. The van der Waals surface area contributed by atoms with Crippen molar-refractivity contribution in [3.05, 3.63) is 36.5 Å². The van der Waals surface area contributed by atoms with Crippen LogP contribution in [-0.4, -0.2) is 25.6 Å². The minimum Gasteiger partial charge on any atom is -0.255 e. The highest BCUT2D eigenvalue weighted by Crippen LogP contribution is 2.26. The average Bonchev–Trinajstić information content (AvgIpc) is 2.83. The van der Waals surface area contributed by atoms with E-state index in [9.17, 15) is 12.8 Å². The molecule has 1 aromatic heterocycles. The summed E-state index contributed by atoms with van der Waals surface area (Å²) in [5.74, 6) is 0. The highest BCUT2D eigenvalue weighted by molar-refractivity contribution is 7.89. The number of sulfonamides is 1. The zero-order chi connectivity index (χ0) is 14.2. The highest BCUT2D eigenvalue weighted by Gasteiger charge is 2.31. The van der Waals surface area contributed by atoms with Crippen LogP contribution >= 0.6 is 0 Å². The number of rotatable bonds is 3. The van der Waals surface area contributed by atoms with Crippen LogP contribution in [0.5, 0.6) is 0 Å². The van der Waals surface area contributed by atoms with Gasteiger partial charge in [-0.15, -0.1) is 0 Å². The first kappa shape index (κ1) is 13.5. The molecule has 0 radical (unpaired) electrons. The van der Waals surface area contributed by atoms with E-state index in [-0.39, 0.29) is 4.90 Å². The van der Waals surface area contributed by atoms with Crippen molar-refractivity contribution in [1.29, 1.82) is 0 Å². The molecule has 0 spiro atoms. The van der Waals surface area contributed by atoms with Crippen LogP contribution in [0.4, 0.5) is 4.39 Å².